The van der Waals surface area contributed by atoms with Gasteiger partial charge in [-0.1, -0.05) is 0 Å². The molecule has 0 fully saturated rings. The Balaban J connectivity index is -0.00000000595. The van der Waals surface area contributed by atoms with Crippen molar-refractivity contribution < 1.29 is 149 Å². The molecule has 0 aliphatic carbocycles. The standard InChI is InChI=1S/3Fe.3Mg.5O3Si.5H2O/c;;;;;;5*1-4(2)3;;;;;/h;;;;;;;;;;;5*1H2/q3*+3;3*+2;5*-2;;;;;/p-5. The minimum Gasteiger partial charge on any atom is -0.870 e. The molecule has 0 spiro atoms. The average Bonchev–Trinajstić information content (AvgIpc) is 1.94. The molecule has 0 rings (SSSR count). The van der Waals surface area contributed by atoms with Crippen molar-refractivity contribution in [2.24, 2.45) is 0 Å². The molecule has 0 amide bonds. The average molecular weight is 706 g/mol. The molecule has 0 bridgehead atoms. The van der Waals surface area contributed by atoms with Gasteiger partial charge in [0.2, 0.25) is 0 Å². The summed E-state index contributed by atoms with van der Waals surface area (Å²) in [6, 6.07) is 0. The summed E-state index contributed by atoms with van der Waals surface area (Å²) < 4.78 is 42.6. The van der Waals surface area contributed by atoms with Crippen LogP contribution in [-0.4, -0.2) is 142 Å². The molecule has 0 aliphatic heterocycles. The fourth-order valence-corrected chi connectivity index (χ4v) is 0. The molecule has 0 saturated carbocycles. The molecule has 0 saturated heterocycles. The quantitative estimate of drug-likeness (QED) is 0.211. The first kappa shape index (κ1) is 118. The Morgan fingerprint density at radius 3 is 0.290 bits per heavy atom. The van der Waals surface area contributed by atoms with E-state index in [1.165, 1.54) is 0 Å². The van der Waals surface area contributed by atoms with Crippen LogP contribution in [0.2, 0.25) is 0 Å². The van der Waals surface area contributed by atoms with E-state index in [2.05, 4.69) is 0 Å². The summed E-state index contributed by atoms with van der Waals surface area (Å²) in [5, 5.41) is 0. The fraction of sp³-hybridized carbons (Fsp3) is 0. The summed E-state index contributed by atoms with van der Waals surface area (Å²) in [4.78, 5) is 85.2. The van der Waals surface area contributed by atoms with Gasteiger partial charge in [-0.15, -0.1) is 0 Å². The summed E-state index contributed by atoms with van der Waals surface area (Å²) in [5.41, 5.74) is 0. The number of hydrogen-bond donors (Lipinski definition) is 0. The second kappa shape index (κ2) is 107. The molecule has 175 valence electrons. The van der Waals surface area contributed by atoms with Gasteiger partial charge in [0.05, 0.1) is 0 Å². The molecule has 0 atom stereocenters. The third kappa shape index (κ3) is 9260. The Labute approximate surface area is 261 Å². The van der Waals surface area contributed by atoms with Crippen molar-refractivity contribution in [3.8, 4) is 0 Å². The van der Waals surface area contributed by atoms with Crippen LogP contribution < -0.4 is 48.0 Å². The van der Waals surface area contributed by atoms with Crippen LogP contribution in [0, 0.1) is 0 Å². The molecule has 20 nitrogen and oxygen atoms in total. The number of hydrogen-bond acceptors (Lipinski definition) is 20. The zero-order valence-electron chi connectivity index (χ0n) is 14.0. The zero-order valence-corrected chi connectivity index (χ0v) is 26.6. The minimum atomic E-state index is -3.63. The summed E-state index contributed by atoms with van der Waals surface area (Å²) in [6.07, 6.45) is 0. The van der Waals surface area contributed by atoms with Gasteiger partial charge in [-0.05, 0) is 0 Å². The zero-order chi connectivity index (χ0) is 17.9. The first-order chi connectivity index (χ1) is 8.66. The Morgan fingerprint density at radius 1 is 0.290 bits per heavy atom. The third-order valence-corrected chi connectivity index (χ3v) is 0. The van der Waals surface area contributed by atoms with E-state index in [-0.39, 0.29) is 148 Å². The normalized spacial score (nSPS) is 3.87. The predicted octanol–water partition coefficient (Wildman–Crippen LogP) is -16.4. The third-order valence-electron chi connectivity index (χ3n) is 0. The van der Waals surface area contributed by atoms with E-state index in [0.717, 1.165) is 0 Å². The first-order valence-corrected chi connectivity index (χ1v) is 9.19. The van der Waals surface area contributed by atoms with Crippen LogP contribution >= 0.6 is 0 Å². The summed E-state index contributed by atoms with van der Waals surface area (Å²) in [5.74, 6) is 0. The van der Waals surface area contributed by atoms with Crippen LogP contribution in [0.1, 0.15) is 0 Å². The molecule has 0 unspecified atom stereocenters. The van der Waals surface area contributed by atoms with Crippen LogP contribution in [-0.2, 0) is 73.5 Å². The minimum absolute atomic E-state index is 0. The maximum atomic E-state index is 8.52. The van der Waals surface area contributed by atoms with Crippen molar-refractivity contribution in [2.45, 2.75) is 0 Å². The maximum Gasteiger partial charge on any atom is 3.00 e. The van der Waals surface area contributed by atoms with E-state index in [9.17, 15) is 0 Å². The van der Waals surface area contributed by atoms with Gasteiger partial charge in [0.25, 0.3) is 0 Å². The van der Waals surface area contributed by atoms with Crippen molar-refractivity contribution in [2.75, 3.05) is 0 Å². The number of rotatable bonds is 0. The molecule has 0 aromatic carbocycles. The Hall–Kier alpha value is 1.74. The molecule has 31 heavy (non-hydrogen) atoms. The van der Waals surface area contributed by atoms with Crippen molar-refractivity contribution in [1.29, 1.82) is 0 Å². The summed E-state index contributed by atoms with van der Waals surface area (Å²) >= 11 is 0. The smallest absolute Gasteiger partial charge is 0.870 e. The summed E-state index contributed by atoms with van der Waals surface area (Å²) in [7, 11) is -18.1. The fourth-order valence-electron chi connectivity index (χ4n) is 0. The van der Waals surface area contributed by atoms with Gasteiger partial charge >= 0.3 is 120 Å². The summed E-state index contributed by atoms with van der Waals surface area (Å²) in [6.45, 7) is 0. The van der Waals surface area contributed by atoms with Crippen molar-refractivity contribution in [3.05, 3.63) is 0 Å². The van der Waals surface area contributed by atoms with Gasteiger partial charge in [-0.25, -0.2) is 0 Å². The van der Waals surface area contributed by atoms with Crippen LogP contribution in [0.5, 0.6) is 0 Å². The Kier molecular flexibility index (Phi) is 406. The predicted molar refractivity (Wildman–Crippen MR) is 59.1 cm³/mol. The molecular formula is H5Fe3Mg3O20Si5. The van der Waals surface area contributed by atoms with E-state index < -0.39 is 45.9 Å². The largest absolute Gasteiger partial charge is 3.00 e. The van der Waals surface area contributed by atoms with Crippen LogP contribution in [0.25, 0.3) is 0 Å². The molecule has 5 N–H and O–H groups in total. The van der Waals surface area contributed by atoms with Crippen molar-refractivity contribution in [1.82, 2.24) is 0 Å². The monoisotopic (exact) mass is 705 g/mol. The van der Waals surface area contributed by atoms with Gasteiger partial charge < -0.3 is 97.6 Å². The first-order valence-electron chi connectivity index (χ1n) is 3.06. The van der Waals surface area contributed by atoms with E-state index in [0.29, 0.717) is 0 Å². The van der Waals surface area contributed by atoms with Gasteiger partial charge in [0, 0.05) is 45.9 Å². The second-order valence-corrected chi connectivity index (χ2v) is 3.75. The van der Waals surface area contributed by atoms with E-state index in [1.54, 1.807) is 0 Å². The topological polar surface area (TPSA) is 466 Å². The van der Waals surface area contributed by atoms with E-state index in [4.69, 9.17) is 70.3 Å². The molecule has 0 heterocycles. The molecule has 0 aromatic rings. The second-order valence-electron chi connectivity index (χ2n) is 1.25. The Bertz CT molecular complexity index is 231. The van der Waals surface area contributed by atoms with Crippen LogP contribution in [0.3, 0.4) is 0 Å². The van der Waals surface area contributed by atoms with E-state index >= 15 is 0 Å². The SMILES string of the molecule is O=[Si]([O-])[O-].O=[Si]([O-])[O-].O=[Si]([O-])[O-].O=[Si]([O-])[O-].O=[Si]([O-])[O-].[Fe+3].[Fe+3].[Fe+3].[Mg+2].[Mg+2].[Mg+2].[OH-].[OH-].[OH-].[OH-].[OH-]. The molecular weight excluding hydrogens is 701 g/mol. The van der Waals surface area contributed by atoms with E-state index in [1.807, 2.05) is 0 Å². The molecule has 0 aliphatic rings. The molecule has 3 radical (unpaired) electrons. The Morgan fingerprint density at radius 2 is 0.290 bits per heavy atom. The van der Waals surface area contributed by atoms with Crippen LogP contribution in [0.4, 0.5) is 0 Å². The van der Waals surface area contributed by atoms with Gasteiger partial charge in [-0.2, -0.15) is 0 Å². The van der Waals surface area contributed by atoms with Crippen molar-refractivity contribution in [3.63, 3.8) is 0 Å². The van der Waals surface area contributed by atoms with Crippen LogP contribution in [0.15, 0.2) is 0 Å². The molecule has 31 heteroatoms. The van der Waals surface area contributed by atoms with Gasteiger partial charge in [0.15, 0.2) is 0 Å². The van der Waals surface area contributed by atoms with Crippen molar-refractivity contribution >= 4 is 115 Å². The molecule has 0 aromatic heterocycles. The van der Waals surface area contributed by atoms with Gasteiger partial charge in [-0.3, -0.25) is 0 Å². The maximum absolute atomic E-state index is 8.52. The van der Waals surface area contributed by atoms with Gasteiger partial charge in [0.1, 0.15) is 0 Å².